The Labute approximate surface area is 148 Å². The molecule has 0 spiro atoms. The number of hydrogen-bond donors (Lipinski definition) is 2. The number of urea groups is 1. The van der Waals surface area contributed by atoms with E-state index in [9.17, 15) is 9.90 Å². The van der Waals surface area contributed by atoms with Crippen molar-refractivity contribution in [2.24, 2.45) is 5.92 Å². The minimum Gasteiger partial charge on any atom is -0.396 e. The van der Waals surface area contributed by atoms with Gasteiger partial charge >= 0.3 is 6.03 Å². The van der Waals surface area contributed by atoms with E-state index in [1.54, 1.807) is 0 Å². The lowest BCUT2D eigenvalue weighted by Gasteiger charge is -2.33. The van der Waals surface area contributed by atoms with Crippen LogP contribution in [0.3, 0.4) is 0 Å². The first-order chi connectivity index (χ1) is 11.6. The summed E-state index contributed by atoms with van der Waals surface area (Å²) < 4.78 is 0. The normalized spacial score (nSPS) is 25.9. The van der Waals surface area contributed by atoms with E-state index in [-0.39, 0.29) is 24.7 Å². The van der Waals surface area contributed by atoms with Crippen molar-refractivity contribution < 1.29 is 9.90 Å². The lowest BCUT2D eigenvalue weighted by Crippen LogP contribution is -2.49. The van der Waals surface area contributed by atoms with E-state index in [0.717, 1.165) is 43.9 Å². The highest BCUT2D eigenvalue weighted by molar-refractivity contribution is 6.30. The summed E-state index contributed by atoms with van der Waals surface area (Å²) in [6, 6.07) is 8.20. The van der Waals surface area contributed by atoms with E-state index < -0.39 is 0 Å². The van der Waals surface area contributed by atoms with Crippen molar-refractivity contribution in [2.45, 2.75) is 31.3 Å². The molecule has 2 aliphatic heterocycles. The number of nitrogens with one attached hydrogen (secondary N) is 1. The highest BCUT2D eigenvalue weighted by atomic mass is 35.5. The Morgan fingerprint density at radius 2 is 1.88 bits per heavy atom. The summed E-state index contributed by atoms with van der Waals surface area (Å²) in [6.07, 6.45) is 2.72. The maximum atomic E-state index is 12.6. The monoisotopic (exact) mass is 351 g/mol. The van der Waals surface area contributed by atoms with Crippen LogP contribution in [0.15, 0.2) is 24.3 Å². The Balaban J connectivity index is 1.63. The van der Waals surface area contributed by atoms with Gasteiger partial charge in [0.05, 0.1) is 12.1 Å². The molecule has 3 rings (SSSR count). The Bertz CT molecular complexity index is 558. The number of halogens is 1. The first-order valence-corrected chi connectivity index (χ1v) is 9.08. The third-order valence-electron chi connectivity index (χ3n) is 5.33. The summed E-state index contributed by atoms with van der Waals surface area (Å²) >= 11 is 5.99. The van der Waals surface area contributed by atoms with Crippen LogP contribution >= 0.6 is 11.6 Å². The van der Waals surface area contributed by atoms with Crippen molar-refractivity contribution >= 4 is 17.6 Å². The van der Waals surface area contributed by atoms with E-state index in [2.05, 4.69) is 17.3 Å². The number of benzene rings is 1. The molecule has 2 heterocycles. The van der Waals surface area contributed by atoms with Crippen molar-refractivity contribution in [1.29, 1.82) is 0 Å². The van der Waals surface area contributed by atoms with Gasteiger partial charge in [-0.3, -0.25) is 4.90 Å². The number of carbonyl (C=O) groups excluding carboxylic acids is 1. The average Bonchev–Trinajstić information content (AvgIpc) is 2.96. The summed E-state index contributed by atoms with van der Waals surface area (Å²) in [5, 5.41) is 13.2. The summed E-state index contributed by atoms with van der Waals surface area (Å²) in [6.45, 7) is 2.64. The van der Waals surface area contributed by atoms with Gasteiger partial charge in [-0.25, -0.2) is 4.79 Å². The van der Waals surface area contributed by atoms with Crippen molar-refractivity contribution in [3.05, 3.63) is 34.9 Å². The zero-order valence-corrected chi connectivity index (χ0v) is 14.9. The fraction of sp³-hybridized carbons (Fsp3) is 0.611. The van der Waals surface area contributed by atoms with Gasteiger partial charge in [0, 0.05) is 31.3 Å². The molecule has 2 saturated heterocycles. The minimum atomic E-state index is 0.0191. The van der Waals surface area contributed by atoms with Gasteiger partial charge in [0.1, 0.15) is 0 Å². The number of aliphatic hydroxyl groups is 1. The Kier molecular flexibility index (Phi) is 5.64. The molecular weight excluding hydrogens is 326 g/mol. The number of rotatable bonds is 3. The van der Waals surface area contributed by atoms with Gasteiger partial charge in [0.15, 0.2) is 0 Å². The van der Waals surface area contributed by atoms with Crippen LogP contribution in [0.1, 0.15) is 30.9 Å². The van der Waals surface area contributed by atoms with E-state index >= 15 is 0 Å². The van der Waals surface area contributed by atoms with Crippen LogP contribution < -0.4 is 5.32 Å². The van der Waals surface area contributed by atoms with Gasteiger partial charge in [-0.2, -0.15) is 0 Å². The van der Waals surface area contributed by atoms with E-state index in [1.165, 1.54) is 5.56 Å². The van der Waals surface area contributed by atoms with Crippen LogP contribution in [-0.4, -0.2) is 60.3 Å². The van der Waals surface area contributed by atoms with Crippen LogP contribution in [0.25, 0.3) is 0 Å². The second-order valence-electron chi connectivity index (χ2n) is 6.93. The maximum absolute atomic E-state index is 12.6. The molecule has 0 aliphatic carbocycles. The SMILES string of the molecule is CN1CCC(NC(=O)N2CCC(CO)CC2)C1c1ccc(Cl)cc1. The third kappa shape index (κ3) is 3.85. The smallest absolute Gasteiger partial charge is 0.317 e. The highest BCUT2D eigenvalue weighted by Gasteiger charge is 2.35. The van der Waals surface area contributed by atoms with Gasteiger partial charge in [-0.1, -0.05) is 23.7 Å². The van der Waals surface area contributed by atoms with Crippen molar-refractivity contribution in [3.63, 3.8) is 0 Å². The topological polar surface area (TPSA) is 55.8 Å². The van der Waals surface area contributed by atoms with Crippen molar-refractivity contribution in [3.8, 4) is 0 Å². The van der Waals surface area contributed by atoms with Gasteiger partial charge in [0.2, 0.25) is 0 Å². The standard InChI is InChI=1S/C18H26ClN3O2/c1-21-9-8-16(17(21)14-2-4-15(19)5-3-14)20-18(24)22-10-6-13(12-23)7-11-22/h2-5,13,16-17,23H,6-12H2,1H3,(H,20,24). The maximum Gasteiger partial charge on any atom is 0.317 e. The molecule has 132 valence electrons. The molecule has 6 heteroatoms. The molecule has 0 saturated carbocycles. The number of aliphatic hydroxyl groups excluding tert-OH is 1. The molecule has 2 unspecified atom stereocenters. The predicted octanol–water partition coefficient (Wildman–Crippen LogP) is 2.50. The first-order valence-electron chi connectivity index (χ1n) is 8.70. The van der Waals surface area contributed by atoms with Gasteiger partial charge < -0.3 is 15.3 Å². The van der Waals surface area contributed by atoms with Crippen molar-refractivity contribution in [1.82, 2.24) is 15.1 Å². The van der Waals surface area contributed by atoms with Crippen LogP contribution in [0.2, 0.25) is 5.02 Å². The fourth-order valence-corrected chi connectivity index (χ4v) is 3.94. The number of likely N-dealkylation sites (tertiary alicyclic amines) is 2. The molecule has 2 atom stereocenters. The van der Waals surface area contributed by atoms with Gasteiger partial charge in [0.25, 0.3) is 0 Å². The number of carbonyl (C=O) groups is 1. The molecule has 2 amide bonds. The molecule has 1 aromatic rings. The second kappa shape index (κ2) is 7.72. The molecule has 0 bridgehead atoms. The number of amides is 2. The average molecular weight is 352 g/mol. The highest BCUT2D eigenvalue weighted by Crippen LogP contribution is 2.32. The van der Waals surface area contributed by atoms with Crippen LogP contribution in [0.4, 0.5) is 4.79 Å². The van der Waals surface area contributed by atoms with Crippen LogP contribution in [0, 0.1) is 5.92 Å². The zero-order chi connectivity index (χ0) is 17.1. The van der Waals surface area contributed by atoms with Crippen molar-refractivity contribution in [2.75, 3.05) is 33.3 Å². The molecule has 0 radical (unpaired) electrons. The number of nitrogens with zero attached hydrogens (tertiary/aromatic N) is 2. The molecule has 2 aliphatic rings. The quantitative estimate of drug-likeness (QED) is 0.879. The minimum absolute atomic E-state index is 0.0191. The number of piperidine rings is 1. The number of likely N-dealkylation sites (N-methyl/N-ethyl adjacent to an activating group) is 1. The lowest BCUT2D eigenvalue weighted by molar-refractivity contribution is 0.134. The Morgan fingerprint density at radius 1 is 1.21 bits per heavy atom. The zero-order valence-electron chi connectivity index (χ0n) is 14.1. The van der Waals surface area contributed by atoms with E-state index in [4.69, 9.17) is 11.6 Å². The molecular formula is C18H26ClN3O2. The fourth-order valence-electron chi connectivity index (χ4n) is 3.81. The molecule has 2 N–H and O–H groups in total. The summed E-state index contributed by atoms with van der Waals surface area (Å²) in [4.78, 5) is 16.8. The molecule has 0 aromatic heterocycles. The molecule has 24 heavy (non-hydrogen) atoms. The third-order valence-corrected chi connectivity index (χ3v) is 5.58. The predicted molar refractivity (Wildman–Crippen MR) is 95.1 cm³/mol. The number of hydrogen-bond acceptors (Lipinski definition) is 3. The summed E-state index contributed by atoms with van der Waals surface area (Å²) in [5.41, 5.74) is 1.18. The first kappa shape index (κ1) is 17.5. The van der Waals surface area contributed by atoms with Crippen LogP contribution in [-0.2, 0) is 0 Å². The van der Waals surface area contributed by atoms with Gasteiger partial charge in [-0.05, 0) is 49.9 Å². The Hall–Kier alpha value is -1.30. The molecule has 2 fully saturated rings. The summed E-state index contributed by atoms with van der Waals surface area (Å²) in [5.74, 6) is 0.341. The second-order valence-corrected chi connectivity index (χ2v) is 7.37. The molecule has 5 nitrogen and oxygen atoms in total. The lowest BCUT2D eigenvalue weighted by atomic mass is 9.98. The van der Waals surface area contributed by atoms with E-state index in [1.807, 2.05) is 29.2 Å². The van der Waals surface area contributed by atoms with Crippen LogP contribution in [0.5, 0.6) is 0 Å². The molecule has 1 aromatic carbocycles. The largest absolute Gasteiger partial charge is 0.396 e. The van der Waals surface area contributed by atoms with Gasteiger partial charge in [-0.15, -0.1) is 0 Å². The summed E-state index contributed by atoms with van der Waals surface area (Å²) in [7, 11) is 2.10. The van der Waals surface area contributed by atoms with E-state index in [0.29, 0.717) is 5.92 Å². The Morgan fingerprint density at radius 3 is 2.50 bits per heavy atom.